The summed E-state index contributed by atoms with van der Waals surface area (Å²) in [6.07, 6.45) is 9.74. The molecule has 7 atom stereocenters. The van der Waals surface area contributed by atoms with Crippen molar-refractivity contribution in [3.05, 3.63) is 12.2 Å². The standard InChI is InChI=1S/C15H20O/c1-2-9-3-8(1)14-10-4-12(11-6-16-7-11)13(5-10)15(9)14/h1-2,8-15H,3-7H2. The molecule has 0 aromatic heterocycles. The van der Waals surface area contributed by atoms with Crippen LogP contribution in [-0.2, 0) is 4.74 Å². The van der Waals surface area contributed by atoms with E-state index in [-0.39, 0.29) is 0 Å². The molecule has 4 aliphatic carbocycles. The van der Waals surface area contributed by atoms with E-state index in [9.17, 15) is 0 Å². The van der Waals surface area contributed by atoms with Gasteiger partial charge in [-0.3, -0.25) is 0 Å². The Kier molecular flexibility index (Phi) is 1.50. The van der Waals surface area contributed by atoms with Gasteiger partial charge in [-0.2, -0.15) is 0 Å². The average molecular weight is 216 g/mol. The van der Waals surface area contributed by atoms with E-state index < -0.39 is 0 Å². The van der Waals surface area contributed by atoms with Gasteiger partial charge in [0.05, 0.1) is 13.2 Å². The third-order valence-corrected chi connectivity index (χ3v) is 6.59. The number of ether oxygens (including phenoxy) is 1. The number of fused-ring (bicyclic) bond motifs is 9. The molecule has 86 valence electrons. The molecule has 1 heteroatoms. The highest BCUT2D eigenvalue weighted by Gasteiger charge is 2.62. The molecule has 4 fully saturated rings. The van der Waals surface area contributed by atoms with Crippen LogP contribution < -0.4 is 0 Å². The summed E-state index contributed by atoms with van der Waals surface area (Å²) in [6.45, 7) is 2.16. The van der Waals surface area contributed by atoms with Gasteiger partial charge >= 0.3 is 0 Å². The molecular formula is C15H20O. The summed E-state index contributed by atoms with van der Waals surface area (Å²) >= 11 is 0. The Balaban J connectivity index is 1.49. The Hall–Kier alpha value is -0.300. The van der Waals surface area contributed by atoms with Crippen LogP contribution in [0.5, 0.6) is 0 Å². The van der Waals surface area contributed by atoms with Gasteiger partial charge in [-0.15, -0.1) is 0 Å². The van der Waals surface area contributed by atoms with Crippen molar-refractivity contribution < 1.29 is 4.74 Å². The lowest BCUT2D eigenvalue weighted by molar-refractivity contribution is -0.0821. The molecule has 1 nitrogen and oxygen atoms in total. The molecular weight excluding hydrogens is 196 g/mol. The van der Waals surface area contributed by atoms with E-state index in [0.29, 0.717) is 0 Å². The minimum atomic E-state index is 0.944. The predicted molar refractivity (Wildman–Crippen MR) is 61.7 cm³/mol. The first-order valence-electron chi connectivity index (χ1n) is 7.18. The molecule has 0 radical (unpaired) electrons. The van der Waals surface area contributed by atoms with E-state index in [1.807, 2.05) is 0 Å². The van der Waals surface area contributed by atoms with Crippen LogP contribution in [0.1, 0.15) is 19.3 Å². The van der Waals surface area contributed by atoms with E-state index in [1.54, 1.807) is 12.8 Å². The molecule has 0 aromatic carbocycles. The van der Waals surface area contributed by atoms with Gasteiger partial charge < -0.3 is 4.74 Å². The Morgan fingerprint density at radius 1 is 0.750 bits per heavy atom. The fraction of sp³-hybridized carbons (Fsp3) is 0.867. The second-order valence-electron chi connectivity index (χ2n) is 6.96. The molecule has 7 unspecified atom stereocenters. The molecule has 0 N–H and O–H groups in total. The Morgan fingerprint density at radius 2 is 1.50 bits per heavy atom. The van der Waals surface area contributed by atoms with Crippen LogP contribution in [0.3, 0.4) is 0 Å². The first-order chi connectivity index (χ1) is 7.92. The number of allylic oxidation sites excluding steroid dienone is 2. The maximum Gasteiger partial charge on any atom is 0.0519 e. The van der Waals surface area contributed by atoms with Gasteiger partial charge in [0.2, 0.25) is 0 Å². The Bertz CT molecular complexity index is 356. The van der Waals surface area contributed by atoms with E-state index in [4.69, 9.17) is 4.74 Å². The highest BCUT2D eigenvalue weighted by molar-refractivity contribution is 5.21. The van der Waals surface area contributed by atoms with Crippen molar-refractivity contribution in [2.24, 2.45) is 47.3 Å². The van der Waals surface area contributed by atoms with Crippen molar-refractivity contribution in [2.45, 2.75) is 19.3 Å². The molecule has 1 saturated heterocycles. The molecule has 1 heterocycles. The van der Waals surface area contributed by atoms with Crippen LogP contribution in [0.2, 0.25) is 0 Å². The highest BCUT2D eigenvalue weighted by atomic mass is 16.5. The third kappa shape index (κ3) is 0.860. The summed E-state index contributed by atoms with van der Waals surface area (Å²) in [5.41, 5.74) is 0. The summed E-state index contributed by atoms with van der Waals surface area (Å²) in [7, 11) is 0. The van der Waals surface area contributed by atoms with Gasteiger partial charge in [0, 0.05) is 5.92 Å². The Labute approximate surface area is 97.2 Å². The highest BCUT2D eigenvalue weighted by Crippen LogP contribution is 2.68. The minimum Gasteiger partial charge on any atom is -0.381 e. The molecule has 0 amide bonds. The third-order valence-electron chi connectivity index (χ3n) is 6.59. The second-order valence-corrected chi connectivity index (χ2v) is 6.96. The monoisotopic (exact) mass is 216 g/mol. The van der Waals surface area contributed by atoms with Crippen LogP contribution in [-0.4, -0.2) is 13.2 Å². The van der Waals surface area contributed by atoms with Crippen molar-refractivity contribution in [3.63, 3.8) is 0 Å². The van der Waals surface area contributed by atoms with Crippen LogP contribution in [0.4, 0.5) is 0 Å². The number of rotatable bonds is 1. The van der Waals surface area contributed by atoms with Crippen LogP contribution in [0.25, 0.3) is 0 Å². The van der Waals surface area contributed by atoms with E-state index in [1.165, 1.54) is 6.42 Å². The maximum absolute atomic E-state index is 5.41. The number of hydrogen-bond donors (Lipinski definition) is 0. The summed E-state index contributed by atoms with van der Waals surface area (Å²) in [5, 5.41) is 0. The first kappa shape index (κ1) is 8.74. The summed E-state index contributed by atoms with van der Waals surface area (Å²) in [5.74, 6) is 8.35. The zero-order valence-corrected chi connectivity index (χ0v) is 9.72. The largest absolute Gasteiger partial charge is 0.381 e. The lowest BCUT2D eigenvalue weighted by atomic mass is 9.66. The molecule has 5 aliphatic rings. The van der Waals surface area contributed by atoms with E-state index in [2.05, 4.69) is 12.2 Å². The fourth-order valence-corrected chi connectivity index (χ4v) is 6.11. The number of hydrogen-bond acceptors (Lipinski definition) is 1. The van der Waals surface area contributed by atoms with Crippen molar-refractivity contribution in [1.29, 1.82) is 0 Å². The van der Waals surface area contributed by atoms with Crippen molar-refractivity contribution in [2.75, 3.05) is 13.2 Å². The van der Waals surface area contributed by atoms with Gasteiger partial charge in [0.15, 0.2) is 0 Å². The molecule has 5 rings (SSSR count). The van der Waals surface area contributed by atoms with Gasteiger partial charge in [0.25, 0.3) is 0 Å². The summed E-state index contributed by atoms with van der Waals surface area (Å²) in [4.78, 5) is 0. The van der Waals surface area contributed by atoms with Crippen molar-refractivity contribution in [1.82, 2.24) is 0 Å². The van der Waals surface area contributed by atoms with Crippen molar-refractivity contribution in [3.8, 4) is 0 Å². The molecule has 0 spiro atoms. The smallest absolute Gasteiger partial charge is 0.0519 e. The first-order valence-corrected chi connectivity index (χ1v) is 7.18. The van der Waals surface area contributed by atoms with Gasteiger partial charge in [0.1, 0.15) is 0 Å². The van der Waals surface area contributed by atoms with Gasteiger partial charge in [-0.1, -0.05) is 12.2 Å². The quantitative estimate of drug-likeness (QED) is 0.484. The second kappa shape index (κ2) is 2.75. The van der Waals surface area contributed by atoms with Gasteiger partial charge in [-0.05, 0) is 60.7 Å². The predicted octanol–water partition coefficient (Wildman–Crippen LogP) is 2.73. The zero-order valence-electron chi connectivity index (χ0n) is 9.72. The molecule has 4 bridgehead atoms. The van der Waals surface area contributed by atoms with Crippen molar-refractivity contribution >= 4 is 0 Å². The normalized spacial score (nSPS) is 61.6. The van der Waals surface area contributed by atoms with Crippen LogP contribution in [0.15, 0.2) is 12.2 Å². The zero-order chi connectivity index (χ0) is 10.3. The van der Waals surface area contributed by atoms with Crippen LogP contribution >= 0.6 is 0 Å². The van der Waals surface area contributed by atoms with Gasteiger partial charge in [-0.25, -0.2) is 0 Å². The fourth-order valence-electron chi connectivity index (χ4n) is 6.11. The maximum atomic E-state index is 5.41. The summed E-state index contributed by atoms with van der Waals surface area (Å²) < 4.78 is 5.41. The molecule has 1 aliphatic heterocycles. The molecule has 3 saturated carbocycles. The van der Waals surface area contributed by atoms with E-state index >= 15 is 0 Å². The molecule has 0 aromatic rings. The lowest BCUT2D eigenvalue weighted by Crippen LogP contribution is -2.41. The van der Waals surface area contributed by atoms with Crippen LogP contribution in [0, 0.1) is 47.3 Å². The Morgan fingerprint density at radius 3 is 2.25 bits per heavy atom. The molecule has 16 heavy (non-hydrogen) atoms. The average Bonchev–Trinajstić information content (AvgIpc) is 2.92. The summed E-state index contributed by atoms with van der Waals surface area (Å²) in [6, 6.07) is 0. The SMILES string of the molecule is C1=CC2CC1C1C3CC(C4COC4)C(C3)C21. The van der Waals surface area contributed by atoms with E-state index in [0.717, 1.165) is 60.6 Å². The minimum absolute atomic E-state index is 0.944. The topological polar surface area (TPSA) is 9.23 Å². The lowest BCUT2D eigenvalue weighted by Gasteiger charge is -2.42.